The van der Waals surface area contributed by atoms with Crippen LogP contribution in [0.15, 0.2) is 36.4 Å². The molecule has 0 spiro atoms. The molecule has 0 aliphatic heterocycles. The Hall–Kier alpha value is -1.96. The third-order valence-electron chi connectivity index (χ3n) is 2.96. The van der Waals surface area contributed by atoms with Gasteiger partial charge in [0.2, 0.25) is 0 Å². The molecule has 0 atom stereocenters. The summed E-state index contributed by atoms with van der Waals surface area (Å²) >= 11 is 0. The lowest BCUT2D eigenvalue weighted by molar-refractivity contribution is 0.420. The van der Waals surface area contributed by atoms with Crippen molar-refractivity contribution in [2.24, 2.45) is 0 Å². The Labute approximate surface area is 93.8 Å². The van der Waals surface area contributed by atoms with Crippen LogP contribution >= 0.6 is 0 Å². The first-order valence-corrected chi connectivity index (χ1v) is 5.34. The van der Waals surface area contributed by atoms with Gasteiger partial charge in [0, 0.05) is 16.3 Å². The van der Waals surface area contributed by atoms with E-state index in [0.29, 0.717) is 0 Å². The molecule has 0 unspecified atom stereocenters. The summed E-state index contributed by atoms with van der Waals surface area (Å²) in [5.41, 5.74) is 3.55. The fourth-order valence-electron chi connectivity index (χ4n) is 2.20. The van der Waals surface area contributed by atoms with E-state index in [9.17, 15) is 0 Å². The van der Waals surface area contributed by atoms with E-state index in [1.807, 2.05) is 12.1 Å². The molecule has 1 aromatic heterocycles. The third kappa shape index (κ3) is 1.20. The summed E-state index contributed by atoms with van der Waals surface area (Å²) in [6, 6.07) is 12.5. The van der Waals surface area contributed by atoms with E-state index in [4.69, 9.17) is 4.74 Å². The molecule has 0 radical (unpaired) electrons. The van der Waals surface area contributed by atoms with Crippen molar-refractivity contribution in [2.75, 3.05) is 7.11 Å². The Balaban J connectivity index is 2.54. The van der Waals surface area contributed by atoms with Gasteiger partial charge in [-0.25, -0.2) is 0 Å². The number of aromatic amines is 1. The molecule has 0 saturated carbocycles. The van der Waals surface area contributed by atoms with Crippen LogP contribution in [0.4, 0.5) is 0 Å². The Bertz CT molecular complexity index is 667. The predicted octanol–water partition coefficient (Wildman–Crippen LogP) is 3.64. The summed E-state index contributed by atoms with van der Waals surface area (Å²) in [4.78, 5) is 3.40. The minimum Gasteiger partial charge on any atom is -0.496 e. The molecule has 2 nitrogen and oxygen atoms in total. The topological polar surface area (TPSA) is 25.0 Å². The number of benzene rings is 2. The maximum absolute atomic E-state index is 5.41. The fraction of sp³-hybridized carbons (Fsp3) is 0.143. The quantitative estimate of drug-likeness (QED) is 0.653. The highest BCUT2D eigenvalue weighted by Crippen LogP contribution is 2.33. The first-order chi connectivity index (χ1) is 7.79. The van der Waals surface area contributed by atoms with Crippen molar-refractivity contribution in [3.63, 3.8) is 0 Å². The Kier molecular flexibility index (Phi) is 1.90. The summed E-state index contributed by atoms with van der Waals surface area (Å²) in [7, 11) is 1.71. The van der Waals surface area contributed by atoms with Crippen LogP contribution in [0.1, 0.15) is 5.56 Å². The van der Waals surface area contributed by atoms with Crippen molar-refractivity contribution in [1.82, 2.24) is 4.98 Å². The van der Waals surface area contributed by atoms with E-state index in [0.717, 1.165) is 16.8 Å². The van der Waals surface area contributed by atoms with Gasteiger partial charge in [0.05, 0.1) is 12.6 Å². The SMILES string of the molecule is COc1cccc2[nH]c3ccc(C)cc3c12. The summed E-state index contributed by atoms with van der Waals surface area (Å²) in [5, 5.41) is 2.40. The van der Waals surface area contributed by atoms with Gasteiger partial charge in [-0.3, -0.25) is 0 Å². The maximum Gasteiger partial charge on any atom is 0.128 e. The highest BCUT2D eigenvalue weighted by molar-refractivity contribution is 6.10. The van der Waals surface area contributed by atoms with Crippen LogP contribution in [-0.4, -0.2) is 12.1 Å². The lowest BCUT2D eigenvalue weighted by Crippen LogP contribution is -1.82. The van der Waals surface area contributed by atoms with E-state index >= 15 is 0 Å². The first kappa shape index (κ1) is 9.28. The molecule has 0 fully saturated rings. The average Bonchev–Trinajstić information content (AvgIpc) is 2.66. The van der Waals surface area contributed by atoms with Crippen LogP contribution < -0.4 is 4.74 Å². The van der Waals surface area contributed by atoms with Gasteiger partial charge in [0.25, 0.3) is 0 Å². The molecule has 2 aromatic carbocycles. The van der Waals surface area contributed by atoms with Crippen LogP contribution in [0.5, 0.6) is 5.75 Å². The molecule has 16 heavy (non-hydrogen) atoms. The van der Waals surface area contributed by atoms with E-state index in [1.165, 1.54) is 16.3 Å². The Morgan fingerprint density at radius 3 is 2.75 bits per heavy atom. The molecule has 0 aliphatic carbocycles. The molecule has 0 aliphatic rings. The monoisotopic (exact) mass is 211 g/mol. The molecule has 1 N–H and O–H groups in total. The number of rotatable bonds is 1. The van der Waals surface area contributed by atoms with Gasteiger partial charge in [0.1, 0.15) is 5.75 Å². The molecule has 2 heteroatoms. The Morgan fingerprint density at radius 2 is 1.94 bits per heavy atom. The van der Waals surface area contributed by atoms with Gasteiger partial charge in [-0.2, -0.15) is 0 Å². The van der Waals surface area contributed by atoms with E-state index in [-0.39, 0.29) is 0 Å². The number of hydrogen-bond donors (Lipinski definition) is 1. The minimum atomic E-state index is 0.925. The van der Waals surface area contributed by atoms with Crippen molar-refractivity contribution in [3.05, 3.63) is 42.0 Å². The van der Waals surface area contributed by atoms with Gasteiger partial charge in [-0.1, -0.05) is 17.7 Å². The second-order valence-corrected chi connectivity index (χ2v) is 4.06. The van der Waals surface area contributed by atoms with Crippen molar-refractivity contribution < 1.29 is 4.74 Å². The molecule has 3 rings (SSSR count). The third-order valence-corrected chi connectivity index (χ3v) is 2.96. The van der Waals surface area contributed by atoms with Gasteiger partial charge in [0.15, 0.2) is 0 Å². The summed E-state index contributed by atoms with van der Waals surface area (Å²) in [6.45, 7) is 2.10. The van der Waals surface area contributed by atoms with Gasteiger partial charge in [-0.15, -0.1) is 0 Å². The van der Waals surface area contributed by atoms with E-state index < -0.39 is 0 Å². The zero-order chi connectivity index (χ0) is 11.1. The standard InChI is InChI=1S/C14H13NO/c1-9-6-7-11-10(8-9)14-12(15-11)4-3-5-13(14)16-2/h3-8,15H,1-2H3. The number of methoxy groups -OCH3 is 1. The first-order valence-electron chi connectivity index (χ1n) is 5.34. The minimum absolute atomic E-state index is 0.925. The number of nitrogens with one attached hydrogen (secondary N) is 1. The predicted molar refractivity (Wildman–Crippen MR) is 67.1 cm³/mol. The van der Waals surface area contributed by atoms with E-state index in [2.05, 4.69) is 36.2 Å². The lowest BCUT2D eigenvalue weighted by Gasteiger charge is -2.01. The fourth-order valence-corrected chi connectivity index (χ4v) is 2.20. The molecular weight excluding hydrogens is 198 g/mol. The van der Waals surface area contributed by atoms with Gasteiger partial charge >= 0.3 is 0 Å². The highest BCUT2D eigenvalue weighted by Gasteiger charge is 2.08. The molecule has 3 aromatic rings. The second-order valence-electron chi connectivity index (χ2n) is 4.06. The number of H-pyrrole nitrogens is 1. The van der Waals surface area contributed by atoms with Crippen LogP contribution in [0, 0.1) is 6.92 Å². The number of ether oxygens (including phenoxy) is 1. The number of fused-ring (bicyclic) bond motifs is 3. The molecular formula is C14H13NO. The highest BCUT2D eigenvalue weighted by atomic mass is 16.5. The average molecular weight is 211 g/mol. The lowest BCUT2D eigenvalue weighted by atomic mass is 10.1. The van der Waals surface area contributed by atoms with Crippen molar-refractivity contribution >= 4 is 21.8 Å². The zero-order valence-corrected chi connectivity index (χ0v) is 9.37. The van der Waals surface area contributed by atoms with Gasteiger partial charge < -0.3 is 9.72 Å². The molecule has 0 bridgehead atoms. The molecule has 80 valence electrons. The van der Waals surface area contributed by atoms with Gasteiger partial charge in [-0.05, 0) is 31.2 Å². The second kappa shape index (κ2) is 3.27. The number of aromatic nitrogens is 1. The summed E-state index contributed by atoms with van der Waals surface area (Å²) < 4.78 is 5.41. The number of hydrogen-bond acceptors (Lipinski definition) is 1. The smallest absolute Gasteiger partial charge is 0.128 e. The van der Waals surface area contributed by atoms with Crippen LogP contribution in [-0.2, 0) is 0 Å². The number of aryl methyl sites for hydroxylation is 1. The van der Waals surface area contributed by atoms with Crippen LogP contribution in [0.2, 0.25) is 0 Å². The normalized spacial score (nSPS) is 11.1. The molecule has 1 heterocycles. The van der Waals surface area contributed by atoms with Crippen LogP contribution in [0.3, 0.4) is 0 Å². The molecule has 0 saturated heterocycles. The maximum atomic E-state index is 5.41. The van der Waals surface area contributed by atoms with Crippen molar-refractivity contribution in [1.29, 1.82) is 0 Å². The summed E-state index contributed by atoms with van der Waals surface area (Å²) in [5.74, 6) is 0.925. The largest absolute Gasteiger partial charge is 0.496 e. The van der Waals surface area contributed by atoms with Crippen molar-refractivity contribution in [2.45, 2.75) is 6.92 Å². The summed E-state index contributed by atoms with van der Waals surface area (Å²) in [6.07, 6.45) is 0. The van der Waals surface area contributed by atoms with E-state index in [1.54, 1.807) is 7.11 Å². The van der Waals surface area contributed by atoms with Crippen LogP contribution in [0.25, 0.3) is 21.8 Å². The Morgan fingerprint density at radius 1 is 1.06 bits per heavy atom. The molecule has 0 amide bonds. The van der Waals surface area contributed by atoms with Crippen molar-refractivity contribution in [3.8, 4) is 5.75 Å². The zero-order valence-electron chi connectivity index (χ0n) is 9.37.